The second-order valence-corrected chi connectivity index (χ2v) is 10.0. The number of aldehydes is 1. The molecule has 0 radical (unpaired) electrons. The number of carbonyl (C=O) groups excluding carboxylic acids is 3. The monoisotopic (exact) mass is 521 g/mol. The molecule has 2 fully saturated rings. The maximum Gasteiger partial charge on any atom is 0.315 e. The maximum atomic E-state index is 11.9. The molecule has 0 aromatic heterocycles. The summed E-state index contributed by atoms with van der Waals surface area (Å²) in [6, 6.07) is 0.424. The predicted molar refractivity (Wildman–Crippen MR) is 134 cm³/mol. The zero-order valence-electron chi connectivity index (χ0n) is 19.8. The van der Waals surface area contributed by atoms with E-state index in [9.17, 15) is 14.4 Å². The van der Waals surface area contributed by atoms with E-state index in [-0.39, 0.29) is 29.9 Å². The summed E-state index contributed by atoms with van der Waals surface area (Å²) in [6.07, 6.45) is 4.97. The lowest BCUT2D eigenvalue weighted by Crippen LogP contribution is -2.36. The van der Waals surface area contributed by atoms with Crippen molar-refractivity contribution in [3.8, 4) is 0 Å². The first-order valence-electron chi connectivity index (χ1n) is 12.1. The minimum Gasteiger partial charge on any atom is -0.378 e. The van der Waals surface area contributed by atoms with Gasteiger partial charge in [-0.15, -0.1) is 9.24 Å². The summed E-state index contributed by atoms with van der Waals surface area (Å²) in [5, 5.41) is 9.26. The maximum absolute atomic E-state index is 11.9. The number of hydrogen-bond donors (Lipinski definition) is 3. The number of hydrogen-bond acceptors (Lipinski definition) is 8. The first-order valence-corrected chi connectivity index (χ1v) is 13.9. The van der Waals surface area contributed by atoms with Crippen molar-refractivity contribution in [2.45, 2.75) is 43.0 Å². The second-order valence-electron chi connectivity index (χ2n) is 8.26. The number of ether oxygens (including phenoxy) is 4. The first-order chi connectivity index (χ1) is 16.6. The van der Waals surface area contributed by atoms with Gasteiger partial charge in [0.25, 0.3) is 0 Å². The third-order valence-electron chi connectivity index (χ3n) is 5.59. The Balaban J connectivity index is 1.28. The molecule has 5 atom stereocenters. The molecule has 0 saturated carbocycles. The van der Waals surface area contributed by atoms with Crippen molar-refractivity contribution in [1.29, 1.82) is 0 Å². The fourth-order valence-corrected chi connectivity index (χ4v) is 5.47. The van der Waals surface area contributed by atoms with E-state index in [1.807, 2.05) is 11.8 Å². The molecule has 2 aliphatic heterocycles. The average Bonchev–Trinajstić information content (AvgIpc) is 3.38. The van der Waals surface area contributed by atoms with E-state index in [0.29, 0.717) is 77.2 Å². The molecule has 2 aliphatic rings. The number of unbranched alkanes of at least 4 members (excludes halogenated alkanes) is 1. The van der Waals surface area contributed by atoms with Crippen molar-refractivity contribution in [2.24, 2.45) is 5.92 Å². The Kier molecular flexibility index (Phi) is 15.8. The fraction of sp³-hybridized carbons (Fsp3) is 0.864. The molecule has 0 aromatic rings. The number of thioether (sulfide) groups is 1. The molecule has 10 nitrogen and oxygen atoms in total. The van der Waals surface area contributed by atoms with Crippen LogP contribution in [0.2, 0.25) is 0 Å². The Hall–Kier alpha value is -0.970. The molecule has 3 amide bonds. The lowest BCUT2D eigenvalue weighted by Gasteiger charge is -2.16. The van der Waals surface area contributed by atoms with Gasteiger partial charge in [0.15, 0.2) is 0 Å². The van der Waals surface area contributed by atoms with E-state index in [1.165, 1.54) is 0 Å². The van der Waals surface area contributed by atoms with Crippen LogP contribution in [0.25, 0.3) is 0 Å². The van der Waals surface area contributed by atoms with Crippen LogP contribution in [0.5, 0.6) is 0 Å². The molecular formula is C22H40N3O7PS. The molecule has 0 bridgehead atoms. The van der Waals surface area contributed by atoms with Gasteiger partial charge in [-0.05, 0) is 19.0 Å². The van der Waals surface area contributed by atoms with Gasteiger partial charge in [-0.1, -0.05) is 6.42 Å². The van der Waals surface area contributed by atoms with E-state index >= 15 is 0 Å². The summed E-state index contributed by atoms with van der Waals surface area (Å²) in [5.74, 6) is 0.938. The van der Waals surface area contributed by atoms with Gasteiger partial charge in [-0.2, -0.15) is 11.8 Å². The molecule has 2 heterocycles. The average molecular weight is 522 g/mol. The number of fused-ring (bicyclic) bond motifs is 1. The number of rotatable bonds is 21. The summed E-state index contributed by atoms with van der Waals surface area (Å²) >= 11 is 1.90. The number of carbonyl (C=O) groups is 3. The molecule has 34 heavy (non-hydrogen) atoms. The molecule has 196 valence electrons. The van der Waals surface area contributed by atoms with Gasteiger partial charge < -0.3 is 39.7 Å². The summed E-state index contributed by atoms with van der Waals surface area (Å²) in [6.45, 7) is 4.19. The second kappa shape index (κ2) is 18.3. The topological polar surface area (TPSA) is 124 Å². The Bertz CT molecular complexity index is 605. The van der Waals surface area contributed by atoms with Crippen LogP contribution in [0.3, 0.4) is 0 Å². The van der Waals surface area contributed by atoms with Crippen LogP contribution in [-0.4, -0.2) is 107 Å². The smallest absolute Gasteiger partial charge is 0.315 e. The van der Waals surface area contributed by atoms with Gasteiger partial charge in [-0.25, -0.2) is 4.79 Å². The van der Waals surface area contributed by atoms with Crippen LogP contribution in [0, 0.1) is 5.92 Å². The van der Waals surface area contributed by atoms with Crippen LogP contribution in [0.4, 0.5) is 4.79 Å². The van der Waals surface area contributed by atoms with E-state index in [2.05, 4.69) is 25.2 Å². The highest BCUT2D eigenvalue weighted by Gasteiger charge is 2.42. The highest BCUT2D eigenvalue weighted by Crippen LogP contribution is 2.33. The Labute approximate surface area is 208 Å². The zero-order chi connectivity index (χ0) is 24.4. The van der Waals surface area contributed by atoms with Crippen molar-refractivity contribution in [1.82, 2.24) is 16.0 Å². The SMILES string of the molecule is O=CC(CP)COCCOCCOCCOCCNC(=O)CCCCC1SCC2NC(=O)NC21. The van der Waals surface area contributed by atoms with Crippen LogP contribution >= 0.6 is 21.0 Å². The van der Waals surface area contributed by atoms with E-state index in [1.54, 1.807) is 0 Å². The highest BCUT2D eigenvalue weighted by atomic mass is 32.2. The normalized spacial score (nSPS) is 22.1. The van der Waals surface area contributed by atoms with Gasteiger partial charge in [-0.3, -0.25) is 4.79 Å². The fourth-order valence-electron chi connectivity index (χ4n) is 3.68. The first kappa shape index (κ1) is 29.3. The number of nitrogens with one attached hydrogen (secondary N) is 3. The van der Waals surface area contributed by atoms with Crippen molar-refractivity contribution in [2.75, 3.05) is 71.3 Å². The molecule has 0 aromatic carbocycles. The van der Waals surface area contributed by atoms with E-state index in [0.717, 1.165) is 31.3 Å². The van der Waals surface area contributed by atoms with Gasteiger partial charge >= 0.3 is 6.03 Å². The minimum absolute atomic E-state index is 0.0454. The van der Waals surface area contributed by atoms with Gasteiger partial charge in [0.1, 0.15) is 6.29 Å². The number of urea groups is 1. The Morgan fingerprint density at radius 2 is 1.74 bits per heavy atom. The van der Waals surface area contributed by atoms with E-state index < -0.39 is 0 Å². The highest BCUT2D eigenvalue weighted by molar-refractivity contribution is 8.00. The van der Waals surface area contributed by atoms with Crippen LogP contribution in [0.1, 0.15) is 25.7 Å². The van der Waals surface area contributed by atoms with Crippen molar-refractivity contribution < 1.29 is 33.3 Å². The van der Waals surface area contributed by atoms with Crippen LogP contribution in [-0.2, 0) is 28.5 Å². The molecule has 3 N–H and O–H groups in total. The summed E-state index contributed by atoms with van der Waals surface area (Å²) < 4.78 is 21.6. The summed E-state index contributed by atoms with van der Waals surface area (Å²) in [7, 11) is 2.53. The third kappa shape index (κ3) is 12.1. The third-order valence-corrected chi connectivity index (χ3v) is 7.71. The Morgan fingerprint density at radius 3 is 2.41 bits per heavy atom. The standard InChI is InChI=1S/C22H40N3O7PS/c26-13-17(15-33)14-32-12-11-31-10-9-30-8-7-29-6-5-23-20(27)4-2-1-3-19-21-18(16-34-19)24-22(28)25-21/h13,17-19,21H,1-12,14-16,33H2,(H,23,27)(H2,24,25,28). The van der Waals surface area contributed by atoms with Gasteiger partial charge in [0.05, 0.1) is 64.9 Å². The molecule has 2 saturated heterocycles. The predicted octanol–water partition coefficient (Wildman–Crippen LogP) is 0.585. The summed E-state index contributed by atoms with van der Waals surface area (Å²) in [4.78, 5) is 34.0. The van der Waals surface area contributed by atoms with Gasteiger partial charge in [0, 0.05) is 29.9 Å². The lowest BCUT2D eigenvalue weighted by molar-refractivity contribution is -0.121. The lowest BCUT2D eigenvalue weighted by atomic mass is 10.0. The van der Waals surface area contributed by atoms with Crippen LogP contribution in [0.15, 0.2) is 0 Å². The molecule has 2 rings (SSSR count). The molecule has 12 heteroatoms. The largest absolute Gasteiger partial charge is 0.378 e. The van der Waals surface area contributed by atoms with Crippen LogP contribution < -0.4 is 16.0 Å². The number of amides is 3. The van der Waals surface area contributed by atoms with E-state index in [4.69, 9.17) is 18.9 Å². The van der Waals surface area contributed by atoms with Crippen molar-refractivity contribution in [3.05, 3.63) is 0 Å². The quantitative estimate of drug-likeness (QED) is 0.0868. The van der Waals surface area contributed by atoms with Gasteiger partial charge in [0.2, 0.25) is 5.91 Å². The molecule has 5 unspecified atom stereocenters. The molecular weight excluding hydrogens is 481 g/mol. The zero-order valence-corrected chi connectivity index (χ0v) is 21.8. The Morgan fingerprint density at radius 1 is 1.06 bits per heavy atom. The summed E-state index contributed by atoms with van der Waals surface area (Å²) in [5.41, 5.74) is 0. The van der Waals surface area contributed by atoms with Crippen molar-refractivity contribution >= 4 is 39.2 Å². The molecule has 0 aliphatic carbocycles. The minimum atomic E-state index is -0.0714. The van der Waals surface area contributed by atoms with Crippen molar-refractivity contribution in [3.63, 3.8) is 0 Å². The molecule has 0 spiro atoms.